The third kappa shape index (κ3) is 6.03. The number of halogens is 2. The molecule has 0 aliphatic carbocycles. The van der Waals surface area contributed by atoms with Crippen molar-refractivity contribution in [2.75, 3.05) is 0 Å². The van der Waals surface area contributed by atoms with E-state index in [1.165, 1.54) is 12.1 Å². The second-order valence-corrected chi connectivity index (χ2v) is 7.63. The van der Waals surface area contributed by atoms with Gasteiger partial charge in [-0.15, -0.1) is 0 Å². The van der Waals surface area contributed by atoms with Crippen LogP contribution >= 0.6 is 15.9 Å². The molecule has 4 aromatic rings. The molecule has 5 heteroatoms. The van der Waals surface area contributed by atoms with Gasteiger partial charge in [-0.2, -0.15) is 0 Å². The number of rotatable bonds is 7. The van der Waals surface area contributed by atoms with Crippen LogP contribution in [0.1, 0.15) is 11.1 Å². The van der Waals surface area contributed by atoms with Crippen molar-refractivity contribution in [3.05, 3.63) is 118 Å². The van der Waals surface area contributed by atoms with Crippen molar-refractivity contribution in [2.45, 2.75) is 6.61 Å². The summed E-state index contributed by atoms with van der Waals surface area (Å²) in [6, 6.07) is 29.3. The van der Waals surface area contributed by atoms with Crippen molar-refractivity contribution in [1.29, 1.82) is 0 Å². The molecule has 3 nitrogen and oxygen atoms in total. The monoisotopic (exact) mass is 475 g/mol. The van der Waals surface area contributed by atoms with Crippen molar-refractivity contribution < 1.29 is 13.9 Å². The quantitative estimate of drug-likeness (QED) is 0.256. The lowest BCUT2D eigenvalue weighted by molar-refractivity contribution is 0.303. The lowest BCUT2D eigenvalue weighted by Gasteiger charge is -2.09. The maximum atomic E-state index is 13.3. The molecule has 0 spiro atoms. The predicted octanol–water partition coefficient (Wildman–Crippen LogP) is 7.71. The van der Waals surface area contributed by atoms with Crippen LogP contribution in [0.4, 0.5) is 10.1 Å². The average Bonchev–Trinajstić information content (AvgIpc) is 2.79. The molecular formula is C26H19BrFNO2. The lowest BCUT2D eigenvalue weighted by Crippen LogP contribution is -1.97. The number of para-hydroxylation sites is 1. The van der Waals surface area contributed by atoms with Gasteiger partial charge in [-0.1, -0.05) is 30.3 Å². The Labute approximate surface area is 188 Å². The van der Waals surface area contributed by atoms with E-state index in [1.807, 2.05) is 78.9 Å². The summed E-state index contributed by atoms with van der Waals surface area (Å²) in [5.74, 6) is 1.96. The second kappa shape index (κ2) is 10.0. The maximum absolute atomic E-state index is 13.3. The van der Waals surface area contributed by atoms with Gasteiger partial charge in [0.15, 0.2) is 0 Å². The molecule has 0 saturated carbocycles. The van der Waals surface area contributed by atoms with E-state index in [-0.39, 0.29) is 5.82 Å². The Morgan fingerprint density at radius 2 is 1.58 bits per heavy atom. The molecule has 31 heavy (non-hydrogen) atoms. The van der Waals surface area contributed by atoms with Crippen molar-refractivity contribution in [1.82, 2.24) is 0 Å². The van der Waals surface area contributed by atoms with Crippen LogP contribution in [0, 0.1) is 5.82 Å². The van der Waals surface area contributed by atoms with E-state index in [0.717, 1.165) is 32.8 Å². The number of ether oxygens (including phenoxy) is 2. The SMILES string of the molecule is Fc1cccc(COc2ccc(C=Nc3ccc(Oc4ccccc4)cc3)cc2Br)c1. The minimum atomic E-state index is -0.272. The van der Waals surface area contributed by atoms with Gasteiger partial charge in [-0.3, -0.25) is 4.99 Å². The fourth-order valence-corrected chi connectivity index (χ4v) is 3.39. The minimum Gasteiger partial charge on any atom is -0.488 e. The first-order valence-electron chi connectivity index (χ1n) is 9.69. The van der Waals surface area contributed by atoms with Gasteiger partial charge in [0, 0.05) is 6.21 Å². The average molecular weight is 476 g/mol. The molecule has 0 unspecified atom stereocenters. The summed E-state index contributed by atoms with van der Waals surface area (Å²) >= 11 is 3.53. The van der Waals surface area contributed by atoms with Crippen LogP contribution in [0.3, 0.4) is 0 Å². The highest BCUT2D eigenvalue weighted by atomic mass is 79.9. The molecule has 0 heterocycles. The first-order chi connectivity index (χ1) is 15.2. The summed E-state index contributed by atoms with van der Waals surface area (Å²) in [4.78, 5) is 4.51. The van der Waals surface area contributed by atoms with Gasteiger partial charge in [-0.05, 0) is 93.8 Å². The smallest absolute Gasteiger partial charge is 0.134 e. The number of hydrogen-bond acceptors (Lipinski definition) is 3. The predicted molar refractivity (Wildman–Crippen MR) is 125 cm³/mol. The van der Waals surface area contributed by atoms with E-state index in [1.54, 1.807) is 12.3 Å². The van der Waals surface area contributed by atoms with Gasteiger partial charge < -0.3 is 9.47 Å². The molecule has 154 valence electrons. The molecule has 0 fully saturated rings. The summed E-state index contributed by atoms with van der Waals surface area (Å²) < 4.78 is 25.7. The zero-order chi connectivity index (χ0) is 21.5. The Balaban J connectivity index is 1.37. The molecule has 4 aromatic carbocycles. The zero-order valence-electron chi connectivity index (χ0n) is 16.5. The van der Waals surface area contributed by atoms with Crippen LogP contribution in [0.25, 0.3) is 0 Å². The Bertz CT molecular complexity index is 1180. The molecule has 0 amide bonds. The van der Waals surface area contributed by atoms with Gasteiger partial charge in [0.05, 0.1) is 10.2 Å². The maximum Gasteiger partial charge on any atom is 0.134 e. The van der Waals surface area contributed by atoms with Crippen molar-refractivity contribution in [3.8, 4) is 17.2 Å². The molecule has 4 rings (SSSR count). The standard InChI is InChI=1S/C26H19BrFNO2/c27-25-16-19(9-14-26(25)30-18-20-5-4-6-21(28)15-20)17-29-22-10-12-24(13-11-22)31-23-7-2-1-3-8-23/h1-17H,18H2. The van der Waals surface area contributed by atoms with E-state index in [4.69, 9.17) is 9.47 Å². The number of aliphatic imine (C=N–C) groups is 1. The molecule has 0 radical (unpaired) electrons. The Hall–Kier alpha value is -3.44. The topological polar surface area (TPSA) is 30.8 Å². The van der Waals surface area contributed by atoms with Gasteiger partial charge >= 0.3 is 0 Å². The van der Waals surface area contributed by atoms with E-state index in [2.05, 4.69) is 20.9 Å². The largest absolute Gasteiger partial charge is 0.488 e. The van der Waals surface area contributed by atoms with E-state index >= 15 is 0 Å². The molecule has 0 aromatic heterocycles. The Morgan fingerprint density at radius 1 is 0.806 bits per heavy atom. The third-order valence-electron chi connectivity index (χ3n) is 4.42. The zero-order valence-corrected chi connectivity index (χ0v) is 18.1. The summed E-state index contributed by atoms with van der Waals surface area (Å²) in [6.07, 6.45) is 1.79. The summed E-state index contributed by atoms with van der Waals surface area (Å²) in [7, 11) is 0. The van der Waals surface area contributed by atoms with Crippen LogP contribution in [-0.2, 0) is 6.61 Å². The number of nitrogens with zero attached hydrogens (tertiary/aromatic N) is 1. The summed E-state index contributed by atoms with van der Waals surface area (Å²) in [6.45, 7) is 0.293. The highest BCUT2D eigenvalue weighted by molar-refractivity contribution is 9.10. The van der Waals surface area contributed by atoms with Gasteiger partial charge in [0.25, 0.3) is 0 Å². The van der Waals surface area contributed by atoms with E-state index in [9.17, 15) is 4.39 Å². The molecule has 0 bridgehead atoms. The fourth-order valence-electron chi connectivity index (χ4n) is 2.88. The van der Waals surface area contributed by atoms with E-state index < -0.39 is 0 Å². The van der Waals surface area contributed by atoms with Crippen LogP contribution in [-0.4, -0.2) is 6.21 Å². The van der Waals surface area contributed by atoms with Crippen LogP contribution in [0.2, 0.25) is 0 Å². The Morgan fingerprint density at radius 3 is 2.32 bits per heavy atom. The number of benzene rings is 4. The second-order valence-electron chi connectivity index (χ2n) is 6.78. The molecule has 0 N–H and O–H groups in total. The molecular weight excluding hydrogens is 457 g/mol. The van der Waals surface area contributed by atoms with Crippen LogP contribution in [0.5, 0.6) is 17.2 Å². The minimum absolute atomic E-state index is 0.272. The molecule has 0 atom stereocenters. The third-order valence-corrected chi connectivity index (χ3v) is 5.04. The van der Waals surface area contributed by atoms with Crippen molar-refractivity contribution >= 4 is 27.8 Å². The van der Waals surface area contributed by atoms with Crippen molar-refractivity contribution in [2.24, 2.45) is 4.99 Å². The van der Waals surface area contributed by atoms with Crippen LogP contribution in [0.15, 0.2) is 107 Å². The molecule has 0 aliphatic heterocycles. The summed E-state index contributed by atoms with van der Waals surface area (Å²) in [5, 5.41) is 0. The fraction of sp³-hybridized carbons (Fsp3) is 0.0385. The van der Waals surface area contributed by atoms with Gasteiger partial charge in [0.1, 0.15) is 29.7 Å². The normalized spacial score (nSPS) is 10.9. The van der Waals surface area contributed by atoms with E-state index in [0.29, 0.717) is 12.4 Å². The van der Waals surface area contributed by atoms with Crippen LogP contribution < -0.4 is 9.47 Å². The van der Waals surface area contributed by atoms with Crippen molar-refractivity contribution in [3.63, 3.8) is 0 Å². The first-order valence-corrected chi connectivity index (χ1v) is 10.5. The lowest BCUT2D eigenvalue weighted by atomic mass is 10.2. The molecule has 0 saturated heterocycles. The Kier molecular flexibility index (Phi) is 6.75. The van der Waals surface area contributed by atoms with Gasteiger partial charge in [0.2, 0.25) is 0 Å². The number of hydrogen-bond donors (Lipinski definition) is 0. The highest BCUT2D eigenvalue weighted by Crippen LogP contribution is 2.27. The van der Waals surface area contributed by atoms with Gasteiger partial charge in [-0.25, -0.2) is 4.39 Å². The molecule has 0 aliphatic rings. The summed E-state index contributed by atoms with van der Waals surface area (Å²) in [5.41, 5.74) is 2.52. The highest BCUT2D eigenvalue weighted by Gasteiger charge is 2.04. The first kappa shape index (κ1) is 20.8.